The van der Waals surface area contributed by atoms with E-state index < -0.39 is 0 Å². The third kappa shape index (κ3) is 6.73. The van der Waals surface area contributed by atoms with Crippen molar-refractivity contribution in [3.05, 3.63) is 76.6 Å². The van der Waals surface area contributed by atoms with Crippen LogP contribution in [0.2, 0.25) is 5.02 Å². The van der Waals surface area contributed by atoms with Crippen molar-refractivity contribution < 1.29 is 9.47 Å². The Labute approximate surface area is 188 Å². The van der Waals surface area contributed by atoms with E-state index >= 15 is 0 Å². The van der Waals surface area contributed by atoms with Gasteiger partial charge in [0, 0.05) is 49.6 Å². The smallest absolute Gasteiger partial charge is 0.191 e. The molecule has 2 N–H and O–H groups in total. The minimum Gasteiger partial charge on any atom is -0.491 e. The van der Waals surface area contributed by atoms with Crippen LogP contribution in [0.25, 0.3) is 5.69 Å². The average Bonchev–Trinajstić information content (AvgIpc) is 3.24. The van der Waals surface area contributed by atoms with Crippen molar-refractivity contribution in [3.63, 3.8) is 0 Å². The fraction of sp³-hybridized carbons (Fsp3) is 0.304. The van der Waals surface area contributed by atoms with Crippen molar-refractivity contribution in [2.24, 2.45) is 4.99 Å². The summed E-state index contributed by atoms with van der Waals surface area (Å²) in [5.74, 6) is 1.55. The van der Waals surface area contributed by atoms with E-state index in [-0.39, 0.29) is 0 Å². The van der Waals surface area contributed by atoms with Gasteiger partial charge < -0.3 is 20.1 Å². The molecule has 0 bridgehead atoms. The van der Waals surface area contributed by atoms with E-state index in [9.17, 15) is 0 Å². The second-order valence-electron chi connectivity index (χ2n) is 7.00. The molecule has 0 aliphatic carbocycles. The van der Waals surface area contributed by atoms with Crippen LogP contribution in [0, 0.1) is 6.92 Å². The van der Waals surface area contributed by atoms with Crippen molar-refractivity contribution in [1.29, 1.82) is 0 Å². The summed E-state index contributed by atoms with van der Waals surface area (Å²) in [7, 11) is 3.41. The van der Waals surface area contributed by atoms with E-state index in [1.165, 1.54) is 0 Å². The number of rotatable bonds is 9. The molecular formula is C23H28ClN5O2. The van der Waals surface area contributed by atoms with Gasteiger partial charge in [-0.15, -0.1) is 0 Å². The summed E-state index contributed by atoms with van der Waals surface area (Å²) >= 11 is 5.95. The normalized spacial score (nSPS) is 11.4. The first-order valence-electron chi connectivity index (χ1n) is 10.0. The van der Waals surface area contributed by atoms with E-state index in [4.69, 9.17) is 21.1 Å². The fourth-order valence-electron chi connectivity index (χ4n) is 2.95. The third-order valence-electron chi connectivity index (χ3n) is 4.62. The molecule has 0 unspecified atom stereocenters. The highest BCUT2D eigenvalue weighted by atomic mass is 35.5. The van der Waals surface area contributed by atoms with Crippen molar-refractivity contribution in [2.45, 2.75) is 20.0 Å². The molecule has 0 radical (unpaired) electrons. The summed E-state index contributed by atoms with van der Waals surface area (Å²) in [6.45, 7) is 4.29. The first-order chi connectivity index (χ1) is 15.1. The molecule has 0 fully saturated rings. The molecule has 0 aliphatic rings. The Balaban J connectivity index is 1.55. The highest BCUT2D eigenvalue weighted by Gasteiger charge is 2.07. The zero-order valence-electron chi connectivity index (χ0n) is 18.1. The maximum Gasteiger partial charge on any atom is 0.191 e. The standard InChI is InChI=1S/C23H28ClN5O2/c1-17-4-5-19(22(12-17)31-11-10-30-3)15-27-23(25-2)26-13-18-14-28-29(16-18)21-8-6-20(24)7-9-21/h4-9,12,14,16H,10-11,13,15H2,1-3H3,(H2,25,26,27). The molecule has 0 aliphatic heterocycles. The number of aromatic nitrogens is 2. The molecule has 2 aromatic carbocycles. The highest BCUT2D eigenvalue weighted by Crippen LogP contribution is 2.20. The molecule has 8 heteroatoms. The Morgan fingerprint density at radius 3 is 2.61 bits per heavy atom. The van der Waals surface area contributed by atoms with Gasteiger partial charge in [-0.05, 0) is 42.8 Å². The lowest BCUT2D eigenvalue weighted by atomic mass is 10.1. The largest absolute Gasteiger partial charge is 0.491 e. The number of aliphatic imine (C=N–C) groups is 1. The number of methoxy groups -OCH3 is 1. The molecule has 3 aromatic rings. The second-order valence-corrected chi connectivity index (χ2v) is 7.44. The molecule has 0 spiro atoms. The van der Waals surface area contributed by atoms with E-state index in [2.05, 4.69) is 32.9 Å². The lowest BCUT2D eigenvalue weighted by Gasteiger charge is -2.15. The molecule has 164 valence electrons. The zero-order valence-corrected chi connectivity index (χ0v) is 18.8. The number of nitrogens with one attached hydrogen (secondary N) is 2. The van der Waals surface area contributed by atoms with Gasteiger partial charge in [0.05, 0.1) is 18.5 Å². The van der Waals surface area contributed by atoms with Crippen LogP contribution in [0.5, 0.6) is 5.75 Å². The molecule has 3 rings (SSSR count). The van der Waals surface area contributed by atoms with Crippen LogP contribution in [0.3, 0.4) is 0 Å². The van der Waals surface area contributed by atoms with Gasteiger partial charge in [0.25, 0.3) is 0 Å². The minimum atomic E-state index is 0.511. The molecule has 0 amide bonds. The van der Waals surface area contributed by atoms with Gasteiger partial charge in [0.1, 0.15) is 12.4 Å². The van der Waals surface area contributed by atoms with Crippen LogP contribution in [0.15, 0.2) is 59.9 Å². The van der Waals surface area contributed by atoms with Crippen LogP contribution in [-0.4, -0.2) is 43.1 Å². The van der Waals surface area contributed by atoms with Gasteiger partial charge in [-0.3, -0.25) is 4.99 Å². The third-order valence-corrected chi connectivity index (χ3v) is 4.88. The monoisotopic (exact) mass is 441 g/mol. The van der Waals surface area contributed by atoms with Gasteiger partial charge >= 0.3 is 0 Å². The van der Waals surface area contributed by atoms with Crippen molar-refractivity contribution in [2.75, 3.05) is 27.4 Å². The number of ether oxygens (including phenoxy) is 2. The molecule has 1 aromatic heterocycles. The highest BCUT2D eigenvalue weighted by molar-refractivity contribution is 6.30. The van der Waals surface area contributed by atoms with Crippen LogP contribution >= 0.6 is 11.6 Å². The Morgan fingerprint density at radius 2 is 1.87 bits per heavy atom. The molecule has 0 saturated heterocycles. The van der Waals surface area contributed by atoms with Crippen molar-refractivity contribution in [1.82, 2.24) is 20.4 Å². The van der Waals surface area contributed by atoms with Gasteiger partial charge in [-0.1, -0.05) is 23.7 Å². The van der Waals surface area contributed by atoms with Gasteiger partial charge in [-0.2, -0.15) is 5.10 Å². The number of guanidine groups is 1. The number of aryl methyl sites for hydroxylation is 1. The molecule has 7 nitrogen and oxygen atoms in total. The van der Waals surface area contributed by atoms with Crippen LogP contribution < -0.4 is 15.4 Å². The topological polar surface area (TPSA) is 72.7 Å². The Bertz CT molecular complexity index is 1000. The Morgan fingerprint density at radius 1 is 1.10 bits per heavy atom. The minimum absolute atomic E-state index is 0.511. The summed E-state index contributed by atoms with van der Waals surface area (Å²) in [6.07, 6.45) is 3.81. The predicted molar refractivity (Wildman–Crippen MR) is 124 cm³/mol. The second kappa shape index (κ2) is 11.4. The average molecular weight is 442 g/mol. The summed E-state index contributed by atoms with van der Waals surface area (Å²) in [5, 5.41) is 11.8. The van der Waals surface area contributed by atoms with E-state index in [1.807, 2.05) is 54.3 Å². The summed E-state index contributed by atoms with van der Waals surface area (Å²) in [4.78, 5) is 4.31. The molecule has 1 heterocycles. The fourth-order valence-corrected chi connectivity index (χ4v) is 3.07. The summed E-state index contributed by atoms with van der Waals surface area (Å²) < 4.78 is 12.8. The first kappa shape index (κ1) is 22.7. The number of hydrogen-bond acceptors (Lipinski definition) is 4. The number of halogens is 1. The number of nitrogens with zero attached hydrogens (tertiary/aromatic N) is 3. The SMILES string of the molecule is CN=C(NCc1cnn(-c2ccc(Cl)cc2)c1)NCc1ccc(C)cc1OCCOC. The predicted octanol–water partition coefficient (Wildman–Crippen LogP) is 3.72. The molecule has 31 heavy (non-hydrogen) atoms. The Kier molecular flexibility index (Phi) is 8.32. The van der Waals surface area contributed by atoms with Crippen molar-refractivity contribution in [3.8, 4) is 11.4 Å². The van der Waals surface area contributed by atoms with E-state index in [0.717, 1.165) is 28.1 Å². The van der Waals surface area contributed by atoms with Gasteiger partial charge in [0.15, 0.2) is 5.96 Å². The van der Waals surface area contributed by atoms with Crippen molar-refractivity contribution >= 4 is 17.6 Å². The number of hydrogen-bond donors (Lipinski definition) is 2. The van der Waals surface area contributed by atoms with Gasteiger partial charge in [0.2, 0.25) is 0 Å². The maximum absolute atomic E-state index is 5.95. The zero-order chi connectivity index (χ0) is 22.1. The molecule has 0 saturated carbocycles. The molecular weight excluding hydrogens is 414 g/mol. The van der Waals surface area contributed by atoms with Crippen LogP contribution in [-0.2, 0) is 17.8 Å². The molecule has 0 atom stereocenters. The lowest BCUT2D eigenvalue weighted by molar-refractivity contribution is 0.145. The maximum atomic E-state index is 5.95. The number of benzene rings is 2. The van der Waals surface area contributed by atoms with E-state index in [1.54, 1.807) is 14.2 Å². The first-order valence-corrected chi connectivity index (χ1v) is 10.4. The summed E-state index contributed by atoms with van der Waals surface area (Å²) in [6, 6.07) is 13.7. The van der Waals surface area contributed by atoms with Crippen LogP contribution in [0.4, 0.5) is 0 Å². The van der Waals surface area contributed by atoms with E-state index in [0.29, 0.717) is 37.3 Å². The lowest BCUT2D eigenvalue weighted by Crippen LogP contribution is -2.36. The quantitative estimate of drug-likeness (QED) is 0.301. The van der Waals surface area contributed by atoms with Gasteiger partial charge in [-0.25, -0.2) is 4.68 Å². The Hall–Kier alpha value is -3.03. The summed E-state index contributed by atoms with van der Waals surface area (Å²) in [5.41, 5.74) is 4.20. The van der Waals surface area contributed by atoms with Crippen LogP contribution in [0.1, 0.15) is 16.7 Å².